The van der Waals surface area contributed by atoms with Gasteiger partial charge in [-0.3, -0.25) is 14.4 Å². The van der Waals surface area contributed by atoms with Crippen molar-refractivity contribution in [2.75, 3.05) is 0 Å². The molecular weight excluding hydrogens is 324 g/mol. The highest BCUT2D eigenvalue weighted by Crippen LogP contribution is 2.40. The lowest BCUT2D eigenvalue weighted by Gasteiger charge is -2.21. The molecule has 0 aliphatic heterocycles. The third-order valence-electron chi connectivity index (χ3n) is 5.64. The van der Waals surface area contributed by atoms with Crippen LogP contribution < -0.4 is 0 Å². The van der Waals surface area contributed by atoms with Crippen LogP contribution in [0.3, 0.4) is 0 Å². The molecule has 1 aromatic rings. The molecule has 0 amide bonds. The number of rotatable bonds is 7. The third kappa shape index (κ3) is 4.09. The lowest BCUT2D eigenvalue weighted by molar-refractivity contribution is -0.120. The van der Waals surface area contributed by atoms with Gasteiger partial charge in [0.25, 0.3) is 0 Å². The smallest absolute Gasteiger partial charge is 0.169 e. The van der Waals surface area contributed by atoms with Gasteiger partial charge in [0.1, 0.15) is 5.78 Å². The Bertz CT molecular complexity index is 713. The van der Waals surface area contributed by atoms with Gasteiger partial charge >= 0.3 is 0 Å². The van der Waals surface area contributed by atoms with Crippen LogP contribution in [0.5, 0.6) is 0 Å². The van der Waals surface area contributed by atoms with Crippen LogP contribution in [-0.2, 0) is 20.8 Å². The van der Waals surface area contributed by atoms with E-state index in [0.717, 1.165) is 44.1 Å². The number of hydrogen-bond donors (Lipinski definition) is 0. The van der Waals surface area contributed by atoms with Crippen LogP contribution in [0.1, 0.15) is 56.1 Å². The van der Waals surface area contributed by atoms with Gasteiger partial charge in [-0.2, -0.15) is 0 Å². The second-order valence-corrected chi connectivity index (χ2v) is 7.39. The van der Waals surface area contributed by atoms with Gasteiger partial charge in [0.2, 0.25) is 0 Å². The first-order valence-corrected chi connectivity index (χ1v) is 9.62. The highest BCUT2D eigenvalue weighted by molar-refractivity contribution is 6.27. The zero-order valence-electron chi connectivity index (χ0n) is 15.2. The van der Waals surface area contributed by atoms with Gasteiger partial charge in [-0.15, -0.1) is 0 Å². The molecule has 3 nitrogen and oxygen atoms in total. The van der Waals surface area contributed by atoms with Crippen molar-refractivity contribution in [3.63, 3.8) is 0 Å². The Morgan fingerprint density at radius 1 is 1.04 bits per heavy atom. The van der Waals surface area contributed by atoms with Gasteiger partial charge < -0.3 is 0 Å². The van der Waals surface area contributed by atoms with E-state index in [0.29, 0.717) is 12.0 Å². The van der Waals surface area contributed by atoms with Crippen LogP contribution >= 0.6 is 0 Å². The lowest BCUT2D eigenvalue weighted by atomic mass is 9.81. The Hall–Kier alpha value is -2.29. The quantitative estimate of drug-likeness (QED) is 0.537. The van der Waals surface area contributed by atoms with Crippen molar-refractivity contribution in [3.05, 3.63) is 53.6 Å². The molecule has 0 radical (unpaired) electrons. The molecule has 0 N–H and O–H groups in total. The molecule has 0 saturated heterocycles. The molecular formula is C23H26O3. The Balaban J connectivity index is 1.48. The zero-order chi connectivity index (χ0) is 18.5. The number of ketones is 3. The summed E-state index contributed by atoms with van der Waals surface area (Å²) in [7, 11) is 0. The summed E-state index contributed by atoms with van der Waals surface area (Å²) < 4.78 is 0. The Morgan fingerprint density at radius 3 is 2.23 bits per heavy atom. The second-order valence-electron chi connectivity index (χ2n) is 7.39. The van der Waals surface area contributed by atoms with Crippen molar-refractivity contribution in [1.82, 2.24) is 0 Å². The van der Waals surface area contributed by atoms with Crippen LogP contribution in [0.2, 0.25) is 0 Å². The predicted molar refractivity (Wildman–Crippen MR) is 103 cm³/mol. The number of carbonyl (C=O) groups excluding carboxylic acids is 3. The summed E-state index contributed by atoms with van der Waals surface area (Å²) in [6, 6.07) is 8.15. The number of benzene rings is 1. The largest absolute Gasteiger partial charge is 0.299 e. The van der Waals surface area contributed by atoms with Crippen molar-refractivity contribution >= 4 is 23.4 Å². The molecule has 1 aromatic carbocycles. The molecule has 2 aliphatic rings. The average Bonchev–Trinajstić information content (AvgIpc) is 2.91. The molecule has 0 heterocycles. The standard InChI is InChI=1S/C23H26O3/c1-2-16-10-12-17(13-11-16)6-5-7-18(24)14-15-21-22(25)19-8-3-4-9-20(19)23(21)26/h2,10-13,15,19-20H,1,3-9,14H2. The van der Waals surface area contributed by atoms with E-state index >= 15 is 0 Å². The molecule has 2 atom stereocenters. The molecule has 3 heteroatoms. The maximum atomic E-state index is 12.4. The highest BCUT2D eigenvalue weighted by Gasteiger charge is 2.45. The van der Waals surface area contributed by atoms with Crippen molar-refractivity contribution in [2.24, 2.45) is 11.8 Å². The molecule has 2 saturated carbocycles. The number of fused-ring (bicyclic) bond motifs is 1. The van der Waals surface area contributed by atoms with E-state index in [1.807, 2.05) is 18.2 Å². The first-order chi connectivity index (χ1) is 12.6. The summed E-state index contributed by atoms with van der Waals surface area (Å²) in [6.07, 6.45) is 9.41. The second kappa shape index (κ2) is 8.39. The summed E-state index contributed by atoms with van der Waals surface area (Å²) in [4.78, 5) is 37.0. The summed E-state index contributed by atoms with van der Waals surface area (Å²) in [5.74, 6) is -0.174. The van der Waals surface area contributed by atoms with E-state index in [-0.39, 0.29) is 35.6 Å². The van der Waals surface area contributed by atoms with Crippen molar-refractivity contribution in [2.45, 2.75) is 51.4 Å². The molecule has 2 fully saturated rings. The van der Waals surface area contributed by atoms with E-state index < -0.39 is 0 Å². The number of carbonyl (C=O) groups is 3. The van der Waals surface area contributed by atoms with Crippen LogP contribution in [0, 0.1) is 11.8 Å². The van der Waals surface area contributed by atoms with E-state index in [4.69, 9.17) is 0 Å². The molecule has 2 unspecified atom stereocenters. The number of Topliss-reactive ketones (excluding diaryl/α,β-unsaturated/α-hetero) is 3. The SMILES string of the molecule is C=Cc1ccc(CCCC(=O)CC=C2C(=O)C3CCCCC3C2=O)cc1. The van der Waals surface area contributed by atoms with Crippen molar-refractivity contribution in [1.29, 1.82) is 0 Å². The first kappa shape index (κ1) is 18.5. The molecule has 3 rings (SSSR count). The molecule has 26 heavy (non-hydrogen) atoms. The van der Waals surface area contributed by atoms with E-state index in [9.17, 15) is 14.4 Å². The molecule has 0 bridgehead atoms. The fraction of sp³-hybridized carbons (Fsp3) is 0.435. The minimum Gasteiger partial charge on any atom is -0.299 e. The summed E-state index contributed by atoms with van der Waals surface area (Å²) in [5, 5.41) is 0. The van der Waals surface area contributed by atoms with E-state index in [2.05, 4.69) is 18.7 Å². The topological polar surface area (TPSA) is 51.2 Å². The van der Waals surface area contributed by atoms with Crippen LogP contribution in [0.25, 0.3) is 6.08 Å². The molecule has 0 aromatic heterocycles. The molecule has 2 aliphatic carbocycles. The Kier molecular flexibility index (Phi) is 5.97. The molecule has 136 valence electrons. The predicted octanol–water partition coefficient (Wildman–Crippen LogP) is 4.50. The molecule has 0 spiro atoms. The van der Waals surface area contributed by atoms with Gasteiger partial charge in [0.15, 0.2) is 11.6 Å². The zero-order valence-corrected chi connectivity index (χ0v) is 15.2. The first-order valence-electron chi connectivity index (χ1n) is 9.62. The monoisotopic (exact) mass is 350 g/mol. The third-order valence-corrected chi connectivity index (χ3v) is 5.64. The van der Waals surface area contributed by atoms with Crippen molar-refractivity contribution < 1.29 is 14.4 Å². The van der Waals surface area contributed by atoms with Crippen LogP contribution in [-0.4, -0.2) is 17.3 Å². The minimum absolute atomic E-state index is 0.0187. The van der Waals surface area contributed by atoms with Gasteiger partial charge in [-0.1, -0.05) is 55.8 Å². The average molecular weight is 350 g/mol. The van der Waals surface area contributed by atoms with Crippen molar-refractivity contribution in [3.8, 4) is 0 Å². The van der Waals surface area contributed by atoms with Crippen LogP contribution in [0.4, 0.5) is 0 Å². The highest BCUT2D eigenvalue weighted by atomic mass is 16.2. The normalized spacial score (nSPS) is 22.2. The van der Waals surface area contributed by atoms with Gasteiger partial charge in [0.05, 0.1) is 5.57 Å². The van der Waals surface area contributed by atoms with Gasteiger partial charge in [0, 0.05) is 24.7 Å². The number of aryl methyl sites for hydroxylation is 1. The van der Waals surface area contributed by atoms with Gasteiger partial charge in [-0.05, 0) is 36.8 Å². The van der Waals surface area contributed by atoms with Gasteiger partial charge in [-0.25, -0.2) is 0 Å². The maximum absolute atomic E-state index is 12.4. The van der Waals surface area contributed by atoms with E-state index in [1.54, 1.807) is 6.08 Å². The Morgan fingerprint density at radius 2 is 1.65 bits per heavy atom. The number of allylic oxidation sites excluding steroid dienone is 2. The summed E-state index contributed by atoms with van der Waals surface area (Å²) >= 11 is 0. The van der Waals surface area contributed by atoms with Crippen LogP contribution in [0.15, 0.2) is 42.5 Å². The lowest BCUT2D eigenvalue weighted by Crippen LogP contribution is -2.21. The Labute approximate surface area is 155 Å². The minimum atomic E-state index is -0.115. The summed E-state index contributed by atoms with van der Waals surface area (Å²) in [5.41, 5.74) is 2.59. The number of hydrogen-bond acceptors (Lipinski definition) is 3. The maximum Gasteiger partial charge on any atom is 0.169 e. The van der Waals surface area contributed by atoms with E-state index in [1.165, 1.54) is 5.56 Å². The fourth-order valence-corrected chi connectivity index (χ4v) is 4.11. The fourth-order valence-electron chi connectivity index (χ4n) is 4.11. The summed E-state index contributed by atoms with van der Waals surface area (Å²) in [6.45, 7) is 3.74.